The minimum absolute atomic E-state index is 0.251. The number of benzene rings is 1. The van der Waals surface area contributed by atoms with Crippen LogP contribution in [0, 0.1) is 0 Å². The smallest absolute Gasteiger partial charge is 0.307 e. The van der Waals surface area contributed by atoms with Gasteiger partial charge in [0, 0.05) is 18.9 Å². The molecule has 0 radical (unpaired) electrons. The molecule has 0 amide bonds. The molecule has 0 atom stereocenters. The lowest BCUT2D eigenvalue weighted by molar-refractivity contribution is 0.636. The third kappa shape index (κ3) is 2.25. The second-order valence-corrected chi connectivity index (χ2v) is 4.54. The van der Waals surface area contributed by atoms with E-state index in [0.29, 0.717) is 23.9 Å². The highest BCUT2D eigenvalue weighted by atomic mass is 16.2. The van der Waals surface area contributed by atoms with Crippen molar-refractivity contribution in [3.63, 3.8) is 0 Å². The molecule has 3 rings (SSSR count). The summed E-state index contributed by atoms with van der Waals surface area (Å²) in [6.07, 6.45) is 4.01. The fourth-order valence-corrected chi connectivity index (χ4v) is 2.19. The number of aromatic amines is 1. The summed E-state index contributed by atoms with van der Waals surface area (Å²) < 4.78 is 1.24. The lowest BCUT2D eigenvalue weighted by Crippen LogP contribution is -2.35. The molecule has 2 aromatic heterocycles. The van der Waals surface area contributed by atoms with E-state index in [1.54, 1.807) is 36.7 Å². The topological polar surface area (TPSA) is 67.8 Å². The summed E-state index contributed by atoms with van der Waals surface area (Å²) in [5, 5.41) is 0.529. The van der Waals surface area contributed by atoms with Gasteiger partial charge in [0.15, 0.2) is 0 Å². The van der Waals surface area contributed by atoms with Crippen molar-refractivity contribution in [1.29, 1.82) is 0 Å². The Balaban J connectivity index is 2.00. The fourth-order valence-electron chi connectivity index (χ4n) is 2.19. The summed E-state index contributed by atoms with van der Waals surface area (Å²) in [4.78, 5) is 30.9. The van der Waals surface area contributed by atoms with Crippen LogP contribution in [0.1, 0.15) is 5.56 Å². The van der Waals surface area contributed by atoms with E-state index in [-0.39, 0.29) is 11.2 Å². The largest absolute Gasteiger partial charge is 0.328 e. The van der Waals surface area contributed by atoms with Gasteiger partial charge in [0.25, 0.3) is 5.56 Å². The van der Waals surface area contributed by atoms with E-state index in [4.69, 9.17) is 0 Å². The van der Waals surface area contributed by atoms with E-state index in [1.165, 1.54) is 4.57 Å². The molecule has 100 valence electrons. The van der Waals surface area contributed by atoms with Gasteiger partial charge in [-0.2, -0.15) is 0 Å². The first-order valence-corrected chi connectivity index (χ1v) is 6.36. The zero-order chi connectivity index (χ0) is 13.9. The molecule has 0 bridgehead atoms. The Labute approximate surface area is 114 Å². The molecule has 0 aliphatic carbocycles. The maximum Gasteiger partial charge on any atom is 0.328 e. The van der Waals surface area contributed by atoms with Gasteiger partial charge < -0.3 is 4.98 Å². The molecule has 2 heterocycles. The van der Waals surface area contributed by atoms with Crippen molar-refractivity contribution in [3.05, 3.63) is 75.2 Å². The second kappa shape index (κ2) is 5.13. The van der Waals surface area contributed by atoms with Crippen molar-refractivity contribution >= 4 is 10.9 Å². The highest BCUT2D eigenvalue weighted by Gasteiger charge is 2.06. The highest BCUT2D eigenvalue weighted by molar-refractivity contribution is 5.76. The molecule has 0 saturated carbocycles. The number of aromatic nitrogens is 3. The van der Waals surface area contributed by atoms with Gasteiger partial charge in [0.2, 0.25) is 0 Å². The van der Waals surface area contributed by atoms with Crippen LogP contribution in [0.15, 0.2) is 58.4 Å². The first-order valence-electron chi connectivity index (χ1n) is 6.36. The minimum atomic E-state index is -0.372. The number of pyridine rings is 1. The summed E-state index contributed by atoms with van der Waals surface area (Å²) in [5.74, 6) is 0. The number of para-hydroxylation sites is 1. The van der Waals surface area contributed by atoms with Crippen LogP contribution in [0.5, 0.6) is 0 Å². The quantitative estimate of drug-likeness (QED) is 0.778. The average molecular weight is 267 g/mol. The fraction of sp³-hybridized carbons (Fsp3) is 0.133. The monoisotopic (exact) mass is 267 g/mol. The van der Waals surface area contributed by atoms with Crippen molar-refractivity contribution < 1.29 is 0 Å². The summed E-state index contributed by atoms with van der Waals surface area (Å²) in [6, 6.07) is 10.8. The standard InChI is InChI=1S/C15H13N3O2/c19-14-12-3-1-2-4-13(12)17-15(20)18(14)10-7-11-5-8-16-9-6-11/h1-6,8-9H,7,10H2,(H,17,20). The molecule has 5 heteroatoms. The molecule has 1 N–H and O–H groups in total. The molecule has 20 heavy (non-hydrogen) atoms. The summed E-state index contributed by atoms with van der Waals surface area (Å²) in [7, 11) is 0. The number of nitrogens with zero attached hydrogens (tertiary/aromatic N) is 2. The Morgan fingerprint density at radius 3 is 2.60 bits per heavy atom. The average Bonchev–Trinajstić information content (AvgIpc) is 2.48. The van der Waals surface area contributed by atoms with Gasteiger partial charge in [-0.15, -0.1) is 0 Å². The molecular formula is C15H13N3O2. The van der Waals surface area contributed by atoms with E-state index >= 15 is 0 Å². The summed E-state index contributed by atoms with van der Waals surface area (Å²) in [5.41, 5.74) is 0.989. The Morgan fingerprint density at radius 1 is 1.05 bits per heavy atom. The van der Waals surface area contributed by atoms with Gasteiger partial charge in [-0.05, 0) is 36.2 Å². The van der Waals surface area contributed by atoms with E-state index in [0.717, 1.165) is 5.56 Å². The molecular weight excluding hydrogens is 254 g/mol. The van der Waals surface area contributed by atoms with Crippen LogP contribution in [-0.4, -0.2) is 14.5 Å². The van der Waals surface area contributed by atoms with Crippen LogP contribution in [-0.2, 0) is 13.0 Å². The lowest BCUT2D eigenvalue weighted by Gasteiger charge is -2.06. The van der Waals surface area contributed by atoms with E-state index < -0.39 is 0 Å². The second-order valence-electron chi connectivity index (χ2n) is 4.54. The number of hydrogen-bond donors (Lipinski definition) is 1. The van der Waals surface area contributed by atoms with Crippen molar-refractivity contribution in [2.45, 2.75) is 13.0 Å². The number of H-pyrrole nitrogens is 1. The van der Waals surface area contributed by atoms with Crippen LogP contribution in [0.2, 0.25) is 0 Å². The zero-order valence-electron chi connectivity index (χ0n) is 10.7. The molecule has 0 aliphatic rings. The molecule has 3 aromatic rings. The van der Waals surface area contributed by atoms with Crippen molar-refractivity contribution in [2.24, 2.45) is 0 Å². The minimum Gasteiger partial charge on any atom is -0.307 e. The first kappa shape index (κ1) is 12.3. The van der Waals surface area contributed by atoms with Crippen LogP contribution in [0.4, 0.5) is 0 Å². The Kier molecular flexibility index (Phi) is 3.16. The van der Waals surface area contributed by atoms with E-state index in [2.05, 4.69) is 9.97 Å². The van der Waals surface area contributed by atoms with Crippen LogP contribution < -0.4 is 11.2 Å². The number of nitrogens with one attached hydrogen (secondary N) is 1. The van der Waals surface area contributed by atoms with Crippen LogP contribution in [0.25, 0.3) is 10.9 Å². The predicted octanol–water partition coefficient (Wildman–Crippen LogP) is 1.33. The molecule has 1 aromatic carbocycles. The van der Waals surface area contributed by atoms with Gasteiger partial charge in [-0.1, -0.05) is 12.1 Å². The van der Waals surface area contributed by atoms with Crippen molar-refractivity contribution in [3.8, 4) is 0 Å². The van der Waals surface area contributed by atoms with Gasteiger partial charge in [0.05, 0.1) is 10.9 Å². The number of aryl methyl sites for hydroxylation is 1. The van der Waals surface area contributed by atoms with E-state index in [9.17, 15) is 9.59 Å². The lowest BCUT2D eigenvalue weighted by atomic mass is 10.2. The molecule has 0 fully saturated rings. The SMILES string of the molecule is O=c1[nH]c2ccccc2c(=O)n1CCc1ccncc1. The first-order chi connectivity index (χ1) is 9.75. The third-order valence-corrected chi connectivity index (χ3v) is 3.26. The van der Waals surface area contributed by atoms with Crippen molar-refractivity contribution in [2.75, 3.05) is 0 Å². The molecule has 0 saturated heterocycles. The number of fused-ring (bicyclic) bond motifs is 1. The highest BCUT2D eigenvalue weighted by Crippen LogP contribution is 2.03. The number of hydrogen-bond acceptors (Lipinski definition) is 3. The van der Waals surface area contributed by atoms with Crippen molar-refractivity contribution in [1.82, 2.24) is 14.5 Å². The zero-order valence-corrected chi connectivity index (χ0v) is 10.7. The van der Waals surface area contributed by atoms with Gasteiger partial charge in [0.1, 0.15) is 0 Å². The van der Waals surface area contributed by atoms with Gasteiger partial charge in [-0.25, -0.2) is 4.79 Å². The Bertz CT molecular complexity index is 850. The Hall–Kier alpha value is -2.69. The molecule has 5 nitrogen and oxygen atoms in total. The third-order valence-electron chi connectivity index (χ3n) is 3.26. The van der Waals surface area contributed by atoms with Crippen LogP contribution >= 0.6 is 0 Å². The molecule has 0 unspecified atom stereocenters. The van der Waals surface area contributed by atoms with Crippen LogP contribution in [0.3, 0.4) is 0 Å². The van der Waals surface area contributed by atoms with Gasteiger partial charge in [-0.3, -0.25) is 14.3 Å². The Morgan fingerprint density at radius 2 is 1.80 bits per heavy atom. The normalized spacial score (nSPS) is 10.8. The molecule has 0 aliphatic heterocycles. The number of rotatable bonds is 3. The van der Waals surface area contributed by atoms with E-state index in [1.807, 2.05) is 12.1 Å². The predicted molar refractivity (Wildman–Crippen MR) is 76.8 cm³/mol. The van der Waals surface area contributed by atoms with Gasteiger partial charge >= 0.3 is 5.69 Å². The summed E-state index contributed by atoms with van der Waals surface area (Å²) in [6.45, 7) is 0.350. The maximum absolute atomic E-state index is 12.3. The summed E-state index contributed by atoms with van der Waals surface area (Å²) >= 11 is 0. The molecule has 0 spiro atoms. The maximum atomic E-state index is 12.3.